The number of anilines is 1. The Balaban J connectivity index is 1.33. The number of carbonyl (C=O) groups is 1. The highest BCUT2D eigenvalue weighted by molar-refractivity contribution is 5.81. The fraction of sp³-hybridized carbons (Fsp3) is 0.450. The summed E-state index contributed by atoms with van der Waals surface area (Å²) >= 11 is 0. The summed E-state index contributed by atoms with van der Waals surface area (Å²) in [5, 5.41) is 8.75. The van der Waals surface area contributed by atoms with E-state index in [1.807, 2.05) is 42.2 Å². The lowest BCUT2D eigenvalue weighted by molar-refractivity contribution is -0.138. The molecular formula is C20H24N4O2. The van der Waals surface area contributed by atoms with Gasteiger partial charge in [-0.25, -0.2) is 0 Å². The average molecular weight is 352 g/mol. The van der Waals surface area contributed by atoms with E-state index < -0.39 is 6.10 Å². The summed E-state index contributed by atoms with van der Waals surface area (Å²) in [4.78, 5) is 16.8. The third-order valence-electron chi connectivity index (χ3n) is 5.13. The number of fused-ring (bicyclic) bond motifs is 1. The molecule has 1 unspecified atom stereocenters. The van der Waals surface area contributed by atoms with Crippen LogP contribution in [0.25, 0.3) is 0 Å². The Morgan fingerprint density at radius 2 is 1.85 bits per heavy atom. The number of aromatic nitrogens is 2. The number of benzene rings is 1. The molecule has 4 rings (SSSR count). The molecule has 1 aliphatic heterocycles. The van der Waals surface area contributed by atoms with Crippen molar-refractivity contribution in [2.45, 2.75) is 32.3 Å². The van der Waals surface area contributed by atoms with Crippen LogP contribution in [-0.2, 0) is 17.6 Å². The van der Waals surface area contributed by atoms with Gasteiger partial charge in [0.25, 0.3) is 5.91 Å². The number of carbonyl (C=O) groups excluding carboxylic acids is 1. The Kier molecular flexibility index (Phi) is 4.73. The predicted octanol–water partition coefficient (Wildman–Crippen LogP) is 2.08. The molecule has 2 heterocycles. The third kappa shape index (κ3) is 3.49. The standard InChI is InChI=1S/C20H24N4O2/c1-15(26-17-7-3-2-4-8-17)20(25)24-12-10-23(11-13-24)19-14-16-6-5-9-18(16)21-22-19/h2-4,7-8,14-15H,5-6,9-13H2,1H3. The molecule has 6 heteroatoms. The Labute approximate surface area is 153 Å². The number of hydrogen-bond acceptors (Lipinski definition) is 5. The fourth-order valence-electron chi connectivity index (χ4n) is 3.64. The number of hydrogen-bond donors (Lipinski definition) is 0. The molecule has 0 saturated carbocycles. The average Bonchev–Trinajstić information content (AvgIpc) is 3.16. The van der Waals surface area contributed by atoms with Gasteiger partial charge >= 0.3 is 0 Å². The summed E-state index contributed by atoms with van der Waals surface area (Å²) in [7, 11) is 0. The highest BCUT2D eigenvalue weighted by Gasteiger charge is 2.27. The van der Waals surface area contributed by atoms with Crippen LogP contribution in [0.4, 0.5) is 5.82 Å². The van der Waals surface area contributed by atoms with Crippen molar-refractivity contribution in [1.82, 2.24) is 15.1 Å². The van der Waals surface area contributed by atoms with Crippen LogP contribution in [0.1, 0.15) is 24.6 Å². The molecule has 1 aliphatic carbocycles. The minimum absolute atomic E-state index is 0.0357. The monoisotopic (exact) mass is 352 g/mol. The molecule has 1 aromatic heterocycles. The second-order valence-corrected chi connectivity index (χ2v) is 6.91. The molecule has 6 nitrogen and oxygen atoms in total. The van der Waals surface area contributed by atoms with Crippen molar-refractivity contribution in [2.75, 3.05) is 31.1 Å². The van der Waals surface area contributed by atoms with Gasteiger partial charge in [0.1, 0.15) is 5.75 Å². The van der Waals surface area contributed by atoms with Gasteiger partial charge in [0.15, 0.2) is 11.9 Å². The van der Waals surface area contributed by atoms with Gasteiger partial charge in [-0.1, -0.05) is 18.2 Å². The van der Waals surface area contributed by atoms with Crippen molar-refractivity contribution < 1.29 is 9.53 Å². The van der Waals surface area contributed by atoms with Crippen molar-refractivity contribution in [1.29, 1.82) is 0 Å². The van der Waals surface area contributed by atoms with E-state index in [-0.39, 0.29) is 5.91 Å². The van der Waals surface area contributed by atoms with Crippen molar-refractivity contribution in [3.05, 3.63) is 47.7 Å². The molecule has 1 amide bonds. The van der Waals surface area contributed by atoms with E-state index >= 15 is 0 Å². The molecule has 1 saturated heterocycles. The number of piperazine rings is 1. The number of rotatable bonds is 4. The van der Waals surface area contributed by atoms with E-state index in [1.54, 1.807) is 0 Å². The van der Waals surface area contributed by atoms with E-state index in [2.05, 4.69) is 21.2 Å². The van der Waals surface area contributed by atoms with Gasteiger partial charge in [0, 0.05) is 26.2 Å². The van der Waals surface area contributed by atoms with Gasteiger partial charge in [-0.05, 0) is 49.9 Å². The SMILES string of the molecule is CC(Oc1ccccc1)C(=O)N1CCN(c2cc3c(nn2)CCC3)CC1. The zero-order valence-electron chi connectivity index (χ0n) is 15.1. The molecule has 26 heavy (non-hydrogen) atoms. The first-order chi connectivity index (χ1) is 12.7. The molecule has 2 aliphatic rings. The summed E-state index contributed by atoms with van der Waals surface area (Å²) in [6.45, 7) is 4.72. The summed E-state index contributed by atoms with van der Waals surface area (Å²) in [6, 6.07) is 11.7. The number of nitrogens with zero attached hydrogens (tertiary/aromatic N) is 4. The van der Waals surface area contributed by atoms with Gasteiger partial charge in [0.05, 0.1) is 5.69 Å². The first-order valence-corrected chi connectivity index (χ1v) is 9.31. The van der Waals surface area contributed by atoms with Crippen LogP contribution in [0.15, 0.2) is 36.4 Å². The summed E-state index contributed by atoms with van der Waals surface area (Å²) in [5.74, 6) is 1.69. The van der Waals surface area contributed by atoms with Crippen molar-refractivity contribution >= 4 is 11.7 Å². The van der Waals surface area contributed by atoms with Crippen LogP contribution in [0, 0.1) is 0 Å². The van der Waals surface area contributed by atoms with Crippen LogP contribution in [-0.4, -0.2) is 53.3 Å². The van der Waals surface area contributed by atoms with Crippen LogP contribution >= 0.6 is 0 Å². The molecule has 1 atom stereocenters. The molecular weight excluding hydrogens is 328 g/mol. The summed E-state index contributed by atoms with van der Waals surface area (Å²) < 4.78 is 5.76. The van der Waals surface area contributed by atoms with E-state index in [4.69, 9.17) is 4.74 Å². The molecule has 1 aromatic carbocycles. The van der Waals surface area contributed by atoms with Crippen LogP contribution in [0.5, 0.6) is 5.75 Å². The largest absolute Gasteiger partial charge is 0.481 e. The third-order valence-corrected chi connectivity index (χ3v) is 5.13. The van der Waals surface area contributed by atoms with Gasteiger partial charge in [-0.3, -0.25) is 4.79 Å². The van der Waals surface area contributed by atoms with Crippen LogP contribution < -0.4 is 9.64 Å². The maximum Gasteiger partial charge on any atom is 0.263 e. The molecule has 0 radical (unpaired) electrons. The first-order valence-electron chi connectivity index (χ1n) is 9.31. The quantitative estimate of drug-likeness (QED) is 0.843. The lowest BCUT2D eigenvalue weighted by Crippen LogP contribution is -2.52. The molecule has 0 N–H and O–H groups in total. The van der Waals surface area contributed by atoms with Crippen LogP contribution in [0.3, 0.4) is 0 Å². The van der Waals surface area contributed by atoms with Gasteiger partial charge in [-0.15, -0.1) is 5.10 Å². The Hall–Kier alpha value is -2.63. The number of amides is 1. The Morgan fingerprint density at radius 1 is 1.08 bits per heavy atom. The van der Waals surface area contributed by atoms with E-state index in [0.717, 1.165) is 43.2 Å². The van der Waals surface area contributed by atoms with E-state index in [1.165, 1.54) is 12.0 Å². The second kappa shape index (κ2) is 7.32. The summed E-state index contributed by atoms with van der Waals surface area (Å²) in [5.41, 5.74) is 2.48. The maximum atomic E-state index is 12.7. The normalized spacial score (nSPS) is 17.7. The zero-order valence-corrected chi connectivity index (χ0v) is 15.1. The van der Waals surface area contributed by atoms with Crippen molar-refractivity contribution in [2.24, 2.45) is 0 Å². The highest BCUT2D eigenvalue weighted by Crippen LogP contribution is 2.23. The smallest absolute Gasteiger partial charge is 0.263 e. The lowest BCUT2D eigenvalue weighted by Gasteiger charge is -2.36. The van der Waals surface area contributed by atoms with E-state index in [0.29, 0.717) is 13.1 Å². The lowest BCUT2D eigenvalue weighted by atomic mass is 10.2. The molecule has 136 valence electrons. The van der Waals surface area contributed by atoms with Crippen LogP contribution in [0.2, 0.25) is 0 Å². The Morgan fingerprint density at radius 3 is 2.62 bits per heavy atom. The zero-order chi connectivity index (χ0) is 17.9. The minimum Gasteiger partial charge on any atom is -0.481 e. The number of aryl methyl sites for hydroxylation is 2. The minimum atomic E-state index is -0.483. The summed E-state index contributed by atoms with van der Waals surface area (Å²) in [6.07, 6.45) is 2.84. The van der Waals surface area contributed by atoms with Gasteiger partial charge in [-0.2, -0.15) is 5.10 Å². The second-order valence-electron chi connectivity index (χ2n) is 6.91. The van der Waals surface area contributed by atoms with Crippen molar-refractivity contribution in [3.8, 4) is 5.75 Å². The van der Waals surface area contributed by atoms with Gasteiger partial charge < -0.3 is 14.5 Å². The van der Waals surface area contributed by atoms with Crippen molar-refractivity contribution in [3.63, 3.8) is 0 Å². The van der Waals surface area contributed by atoms with E-state index in [9.17, 15) is 4.79 Å². The Bertz CT molecular complexity index is 773. The fourth-order valence-corrected chi connectivity index (χ4v) is 3.64. The highest BCUT2D eigenvalue weighted by atomic mass is 16.5. The molecule has 0 bridgehead atoms. The van der Waals surface area contributed by atoms with Gasteiger partial charge in [0.2, 0.25) is 0 Å². The first kappa shape index (κ1) is 16.8. The maximum absolute atomic E-state index is 12.7. The molecule has 2 aromatic rings. The molecule has 0 spiro atoms. The molecule has 1 fully saturated rings. The topological polar surface area (TPSA) is 58.6 Å². The number of ether oxygens (including phenoxy) is 1. The predicted molar refractivity (Wildman–Crippen MR) is 99.4 cm³/mol. The number of para-hydroxylation sites is 1.